The van der Waals surface area contributed by atoms with Crippen LogP contribution in [0.25, 0.3) is 0 Å². The van der Waals surface area contributed by atoms with Crippen LogP contribution in [0.4, 0.5) is 0 Å². The number of benzene rings is 2. The van der Waals surface area contributed by atoms with Gasteiger partial charge < -0.3 is 9.84 Å². The number of ether oxygens (including phenoxy) is 1. The van der Waals surface area contributed by atoms with Crippen molar-refractivity contribution in [2.24, 2.45) is 7.05 Å². The summed E-state index contributed by atoms with van der Waals surface area (Å²) < 4.78 is 8.20. The second-order valence-electron chi connectivity index (χ2n) is 8.85. The van der Waals surface area contributed by atoms with Crippen molar-refractivity contribution in [1.29, 1.82) is 0 Å². The van der Waals surface area contributed by atoms with E-state index in [2.05, 4.69) is 32.9 Å². The number of hydrogen-bond acceptors (Lipinski definition) is 3. The van der Waals surface area contributed by atoms with Crippen LogP contribution in [0.3, 0.4) is 0 Å². The van der Waals surface area contributed by atoms with Gasteiger partial charge in [0.1, 0.15) is 5.75 Å². The van der Waals surface area contributed by atoms with Crippen LogP contribution in [-0.2, 0) is 31.8 Å². The Labute approximate surface area is 178 Å². The van der Waals surface area contributed by atoms with E-state index >= 15 is 0 Å². The molecule has 1 N–H and O–H groups in total. The number of aromatic nitrogens is 2. The zero-order valence-corrected chi connectivity index (χ0v) is 18.6. The molecule has 0 aliphatic rings. The van der Waals surface area contributed by atoms with E-state index in [0.29, 0.717) is 18.7 Å². The maximum absolute atomic E-state index is 12.7. The summed E-state index contributed by atoms with van der Waals surface area (Å²) in [6, 6.07) is 16.2. The molecule has 0 spiro atoms. The highest BCUT2D eigenvalue weighted by Gasteiger charge is 2.18. The summed E-state index contributed by atoms with van der Waals surface area (Å²) in [6.45, 7) is 6.89. The smallest absolute Gasteiger partial charge is 0.331 e. The number of nitrogens with zero attached hydrogens (tertiary/aromatic N) is 2. The van der Waals surface area contributed by atoms with Gasteiger partial charge in [-0.2, -0.15) is 0 Å². The highest BCUT2D eigenvalue weighted by atomic mass is 16.5. The average Bonchev–Trinajstić information content (AvgIpc) is 2.92. The number of imidazole rings is 1. The van der Waals surface area contributed by atoms with Crippen LogP contribution in [0, 0.1) is 0 Å². The average molecular weight is 409 g/mol. The van der Waals surface area contributed by atoms with Gasteiger partial charge in [0.05, 0.1) is 19.3 Å². The third-order valence-electron chi connectivity index (χ3n) is 5.64. The quantitative estimate of drug-likeness (QED) is 0.630. The van der Waals surface area contributed by atoms with Crippen molar-refractivity contribution in [3.05, 3.63) is 81.4 Å². The lowest BCUT2D eigenvalue weighted by atomic mass is 9.87. The minimum Gasteiger partial charge on any atom is -0.497 e. The van der Waals surface area contributed by atoms with Crippen molar-refractivity contribution in [2.45, 2.75) is 52.0 Å². The minimum absolute atomic E-state index is 0.0668. The van der Waals surface area contributed by atoms with Crippen molar-refractivity contribution in [2.75, 3.05) is 7.11 Å². The van der Waals surface area contributed by atoms with E-state index in [1.165, 1.54) is 15.7 Å². The van der Waals surface area contributed by atoms with Gasteiger partial charge in [0.2, 0.25) is 5.88 Å². The van der Waals surface area contributed by atoms with Gasteiger partial charge in [-0.05, 0) is 53.5 Å². The highest BCUT2D eigenvalue weighted by molar-refractivity contribution is 5.30. The molecule has 0 bridgehead atoms. The fourth-order valence-corrected chi connectivity index (χ4v) is 3.66. The molecule has 3 rings (SSSR count). The van der Waals surface area contributed by atoms with Gasteiger partial charge in [0.15, 0.2) is 0 Å². The SMILES string of the molecule is COc1ccc(CCCc2c(O)n(Cc3ccc(C(C)(C)C)cc3)c(=O)n2C)cc1. The molecule has 30 heavy (non-hydrogen) atoms. The van der Waals surface area contributed by atoms with E-state index in [9.17, 15) is 9.90 Å². The van der Waals surface area contributed by atoms with Crippen molar-refractivity contribution in [3.8, 4) is 11.6 Å². The van der Waals surface area contributed by atoms with Crippen LogP contribution >= 0.6 is 0 Å². The van der Waals surface area contributed by atoms with Gasteiger partial charge in [-0.1, -0.05) is 57.2 Å². The molecule has 0 saturated carbocycles. The van der Waals surface area contributed by atoms with Crippen molar-refractivity contribution < 1.29 is 9.84 Å². The Morgan fingerprint density at radius 3 is 2.10 bits per heavy atom. The standard InChI is InChI=1S/C25H32N2O3/c1-25(2,3)20-13-9-19(10-14-20)17-27-23(28)22(26(4)24(27)29)8-6-7-18-11-15-21(30-5)16-12-18/h9-16,28H,6-8,17H2,1-5H3. The van der Waals surface area contributed by atoms with E-state index < -0.39 is 0 Å². The second kappa shape index (κ2) is 8.82. The Morgan fingerprint density at radius 2 is 1.53 bits per heavy atom. The van der Waals surface area contributed by atoms with Crippen LogP contribution in [0.2, 0.25) is 0 Å². The lowest BCUT2D eigenvalue weighted by Gasteiger charge is -2.19. The molecule has 0 unspecified atom stereocenters. The summed E-state index contributed by atoms with van der Waals surface area (Å²) in [4.78, 5) is 12.7. The zero-order valence-electron chi connectivity index (χ0n) is 18.6. The van der Waals surface area contributed by atoms with E-state index in [0.717, 1.165) is 24.2 Å². The molecular formula is C25H32N2O3. The minimum atomic E-state index is -0.188. The third-order valence-corrected chi connectivity index (χ3v) is 5.64. The summed E-state index contributed by atoms with van der Waals surface area (Å²) in [5.74, 6) is 0.906. The summed E-state index contributed by atoms with van der Waals surface area (Å²) in [5.41, 5.74) is 4.03. The number of aromatic hydroxyl groups is 1. The first-order valence-corrected chi connectivity index (χ1v) is 10.4. The van der Waals surface area contributed by atoms with Crippen molar-refractivity contribution in [3.63, 3.8) is 0 Å². The van der Waals surface area contributed by atoms with E-state index in [1.54, 1.807) is 18.7 Å². The normalized spacial score (nSPS) is 11.6. The summed E-state index contributed by atoms with van der Waals surface area (Å²) in [6.07, 6.45) is 2.36. The molecule has 5 nitrogen and oxygen atoms in total. The first kappa shape index (κ1) is 21.8. The molecule has 0 fully saturated rings. The molecular weight excluding hydrogens is 376 g/mol. The number of rotatable bonds is 7. The summed E-state index contributed by atoms with van der Waals surface area (Å²) in [7, 11) is 3.38. The van der Waals surface area contributed by atoms with Crippen LogP contribution < -0.4 is 10.4 Å². The molecule has 0 aliphatic carbocycles. The Bertz CT molecular complexity index is 1040. The predicted octanol–water partition coefficient (Wildman–Crippen LogP) is 4.42. The molecule has 2 aromatic carbocycles. The second-order valence-corrected chi connectivity index (χ2v) is 8.85. The first-order valence-electron chi connectivity index (χ1n) is 10.4. The first-order chi connectivity index (χ1) is 14.2. The molecule has 0 radical (unpaired) electrons. The molecule has 0 aliphatic heterocycles. The monoisotopic (exact) mass is 408 g/mol. The lowest BCUT2D eigenvalue weighted by Crippen LogP contribution is -2.23. The third kappa shape index (κ3) is 4.78. The van der Waals surface area contributed by atoms with Crippen LogP contribution in [0.1, 0.15) is 49.6 Å². The highest BCUT2D eigenvalue weighted by Crippen LogP contribution is 2.24. The maximum atomic E-state index is 12.7. The molecule has 3 aromatic rings. The number of aryl methyl sites for hydroxylation is 1. The number of methoxy groups -OCH3 is 1. The van der Waals surface area contributed by atoms with Gasteiger partial charge in [0, 0.05) is 7.05 Å². The molecule has 0 saturated heterocycles. The van der Waals surface area contributed by atoms with Crippen LogP contribution in [0.5, 0.6) is 11.6 Å². The van der Waals surface area contributed by atoms with Crippen molar-refractivity contribution >= 4 is 0 Å². The summed E-state index contributed by atoms with van der Waals surface area (Å²) >= 11 is 0. The van der Waals surface area contributed by atoms with Gasteiger partial charge >= 0.3 is 5.69 Å². The van der Waals surface area contributed by atoms with E-state index in [-0.39, 0.29) is 17.0 Å². The molecule has 0 atom stereocenters. The molecule has 0 amide bonds. The Balaban J connectivity index is 1.70. The maximum Gasteiger partial charge on any atom is 0.331 e. The largest absolute Gasteiger partial charge is 0.497 e. The Hall–Kier alpha value is -2.95. The van der Waals surface area contributed by atoms with Crippen LogP contribution in [-0.4, -0.2) is 21.4 Å². The van der Waals surface area contributed by atoms with Gasteiger partial charge in [-0.15, -0.1) is 0 Å². The van der Waals surface area contributed by atoms with Gasteiger partial charge in [-0.25, -0.2) is 4.79 Å². The Kier molecular flexibility index (Phi) is 6.40. The molecule has 160 valence electrons. The van der Waals surface area contributed by atoms with E-state index in [1.807, 2.05) is 36.4 Å². The topological polar surface area (TPSA) is 56.4 Å². The van der Waals surface area contributed by atoms with E-state index in [4.69, 9.17) is 4.74 Å². The van der Waals surface area contributed by atoms with Gasteiger partial charge in [-0.3, -0.25) is 9.13 Å². The summed E-state index contributed by atoms with van der Waals surface area (Å²) in [5, 5.41) is 10.7. The molecule has 5 heteroatoms. The van der Waals surface area contributed by atoms with Crippen LogP contribution in [0.15, 0.2) is 53.3 Å². The molecule has 1 heterocycles. The zero-order chi connectivity index (χ0) is 21.9. The Morgan fingerprint density at radius 1 is 0.933 bits per heavy atom. The lowest BCUT2D eigenvalue weighted by molar-refractivity contribution is 0.414. The molecule has 1 aromatic heterocycles. The van der Waals surface area contributed by atoms with Crippen molar-refractivity contribution in [1.82, 2.24) is 9.13 Å². The van der Waals surface area contributed by atoms with Gasteiger partial charge in [0.25, 0.3) is 0 Å². The number of hydrogen-bond donors (Lipinski definition) is 1. The fourth-order valence-electron chi connectivity index (χ4n) is 3.66. The predicted molar refractivity (Wildman–Crippen MR) is 121 cm³/mol. The fraction of sp³-hybridized carbons (Fsp3) is 0.400.